The molecule has 0 unspecified atom stereocenters. The molecule has 0 N–H and O–H groups in total. The molecule has 1 aliphatic rings. The van der Waals surface area contributed by atoms with Gasteiger partial charge in [-0.1, -0.05) is 12.8 Å². The minimum atomic E-state index is -0.488. The second-order valence-electron chi connectivity index (χ2n) is 5.02. The second kappa shape index (κ2) is 6.26. The van der Waals surface area contributed by atoms with Crippen LogP contribution in [0.1, 0.15) is 36.2 Å². The molecule has 6 nitrogen and oxygen atoms in total. The second-order valence-corrected chi connectivity index (χ2v) is 5.40. The molecule has 7 heteroatoms. The highest BCUT2D eigenvalue weighted by molar-refractivity contribution is 6.18. The number of nitro groups is 1. The van der Waals surface area contributed by atoms with Crippen LogP contribution < -0.4 is 0 Å². The molecule has 1 aromatic rings. The maximum atomic E-state index is 12.6. The molecular weight excluding hydrogens is 282 g/mol. The molecule has 2 rings (SSSR count). The highest BCUT2D eigenvalue weighted by atomic mass is 35.5. The van der Waals surface area contributed by atoms with Crippen molar-refractivity contribution in [2.75, 3.05) is 12.4 Å². The van der Waals surface area contributed by atoms with Gasteiger partial charge in [-0.3, -0.25) is 4.79 Å². The lowest BCUT2D eigenvalue weighted by Crippen LogP contribution is -2.40. The molecule has 0 aliphatic heterocycles. The number of hydrogen-bond acceptors (Lipinski definition) is 3. The Morgan fingerprint density at radius 2 is 2.15 bits per heavy atom. The van der Waals surface area contributed by atoms with Crippen LogP contribution in [0.15, 0.2) is 12.1 Å². The van der Waals surface area contributed by atoms with E-state index in [1.165, 1.54) is 16.7 Å². The van der Waals surface area contributed by atoms with Crippen molar-refractivity contribution in [1.82, 2.24) is 9.47 Å². The fourth-order valence-corrected chi connectivity index (χ4v) is 2.98. The number of alkyl halides is 1. The molecule has 1 fully saturated rings. The number of rotatable bonds is 5. The third-order valence-corrected chi connectivity index (χ3v) is 4.02. The summed E-state index contributed by atoms with van der Waals surface area (Å²) in [6, 6.07) is 3.08. The van der Waals surface area contributed by atoms with E-state index in [-0.39, 0.29) is 17.8 Å². The lowest BCUT2D eigenvalue weighted by Gasteiger charge is -2.27. The molecule has 0 spiro atoms. The van der Waals surface area contributed by atoms with E-state index < -0.39 is 4.92 Å². The van der Waals surface area contributed by atoms with Crippen LogP contribution in [0.25, 0.3) is 0 Å². The first-order valence-electron chi connectivity index (χ1n) is 6.73. The van der Waals surface area contributed by atoms with Crippen LogP contribution in [0.4, 0.5) is 5.82 Å². The summed E-state index contributed by atoms with van der Waals surface area (Å²) in [5.74, 6) is 0.119. The molecule has 0 aromatic carbocycles. The summed E-state index contributed by atoms with van der Waals surface area (Å²) < 4.78 is 1.33. The van der Waals surface area contributed by atoms with Gasteiger partial charge in [-0.15, -0.1) is 11.6 Å². The number of nitrogens with zero attached hydrogens (tertiary/aromatic N) is 3. The number of carbonyl (C=O) groups excluding carboxylic acids is 1. The van der Waals surface area contributed by atoms with Crippen molar-refractivity contribution in [2.45, 2.75) is 31.7 Å². The van der Waals surface area contributed by atoms with Crippen molar-refractivity contribution < 1.29 is 9.72 Å². The molecular formula is C13H18ClN3O3. The Morgan fingerprint density at radius 1 is 1.50 bits per heavy atom. The van der Waals surface area contributed by atoms with E-state index in [4.69, 9.17) is 11.6 Å². The van der Waals surface area contributed by atoms with Crippen LogP contribution in [0.3, 0.4) is 0 Å². The Balaban J connectivity index is 2.25. The number of halogens is 1. The Bertz CT molecular complexity index is 509. The molecule has 0 atom stereocenters. The van der Waals surface area contributed by atoms with E-state index >= 15 is 0 Å². The molecule has 0 bridgehead atoms. The summed E-state index contributed by atoms with van der Waals surface area (Å²) in [6.45, 7) is 0.476. The van der Waals surface area contributed by atoms with Crippen LogP contribution in [0, 0.1) is 10.1 Å². The van der Waals surface area contributed by atoms with Crippen molar-refractivity contribution in [3.8, 4) is 0 Å². The molecule has 20 heavy (non-hydrogen) atoms. The summed E-state index contributed by atoms with van der Waals surface area (Å²) >= 11 is 5.79. The van der Waals surface area contributed by atoms with Gasteiger partial charge >= 0.3 is 5.82 Å². The van der Waals surface area contributed by atoms with Crippen LogP contribution in [-0.4, -0.2) is 38.8 Å². The fourth-order valence-electron chi connectivity index (χ4n) is 2.80. The third-order valence-electron chi connectivity index (χ3n) is 3.85. The lowest BCUT2D eigenvalue weighted by molar-refractivity contribution is -0.391. The van der Waals surface area contributed by atoms with Gasteiger partial charge in [0.05, 0.1) is 7.05 Å². The summed E-state index contributed by atoms with van der Waals surface area (Å²) in [7, 11) is 1.54. The number of hydrogen-bond donors (Lipinski definition) is 0. The van der Waals surface area contributed by atoms with Gasteiger partial charge in [0.25, 0.3) is 5.91 Å². The van der Waals surface area contributed by atoms with Gasteiger partial charge in [0.1, 0.15) is 0 Å². The first kappa shape index (κ1) is 14.8. The average molecular weight is 300 g/mol. The number of aromatic nitrogens is 1. The molecule has 1 aliphatic carbocycles. The SMILES string of the molecule is Cn1c(C(=O)N(CCCl)C2CCCC2)ccc1[N+](=O)[O-]. The molecule has 0 radical (unpaired) electrons. The lowest BCUT2D eigenvalue weighted by atomic mass is 10.2. The van der Waals surface area contributed by atoms with Gasteiger partial charge < -0.3 is 15.0 Å². The van der Waals surface area contributed by atoms with Gasteiger partial charge in [0, 0.05) is 24.5 Å². The van der Waals surface area contributed by atoms with Crippen molar-refractivity contribution in [3.05, 3.63) is 27.9 Å². The van der Waals surface area contributed by atoms with Crippen LogP contribution in [0.2, 0.25) is 0 Å². The van der Waals surface area contributed by atoms with Crippen molar-refractivity contribution in [2.24, 2.45) is 7.05 Å². The van der Waals surface area contributed by atoms with Crippen LogP contribution in [-0.2, 0) is 7.05 Å². The first-order chi connectivity index (χ1) is 9.56. The van der Waals surface area contributed by atoms with Gasteiger partial charge in [-0.05, 0) is 23.8 Å². The van der Waals surface area contributed by atoms with Crippen molar-refractivity contribution in [3.63, 3.8) is 0 Å². The van der Waals surface area contributed by atoms with E-state index in [1.54, 1.807) is 11.9 Å². The zero-order valence-corrected chi connectivity index (χ0v) is 12.2. The van der Waals surface area contributed by atoms with E-state index in [0.29, 0.717) is 18.1 Å². The quantitative estimate of drug-likeness (QED) is 0.477. The maximum absolute atomic E-state index is 12.6. The molecule has 1 aromatic heterocycles. The van der Waals surface area contributed by atoms with Gasteiger partial charge in [-0.25, -0.2) is 4.57 Å². The van der Waals surface area contributed by atoms with E-state index in [1.807, 2.05) is 0 Å². The molecule has 1 saturated carbocycles. The Kier molecular flexibility index (Phi) is 4.65. The molecule has 0 saturated heterocycles. The van der Waals surface area contributed by atoms with Crippen LogP contribution in [0.5, 0.6) is 0 Å². The van der Waals surface area contributed by atoms with Crippen molar-refractivity contribution >= 4 is 23.3 Å². The first-order valence-corrected chi connectivity index (χ1v) is 7.26. The monoisotopic (exact) mass is 299 g/mol. The zero-order valence-electron chi connectivity index (χ0n) is 11.4. The topological polar surface area (TPSA) is 68.4 Å². The molecule has 110 valence electrons. The Morgan fingerprint density at radius 3 is 2.65 bits per heavy atom. The average Bonchev–Trinajstić information content (AvgIpc) is 3.04. The minimum absolute atomic E-state index is 0.0782. The number of amides is 1. The summed E-state index contributed by atoms with van der Waals surface area (Å²) in [5, 5.41) is 10.8. The number of carbonyl (C=O) groups is 1. The normalized spacial score (nSPS) is 15.5. The van der Waals surface area contributed by atoms with E-state index in [9.17, 15) is 14.9 Å². The molecule has 1 amide bonds. The summed E-state index contributed by atoms with van der Waals surface area (Å²) in [5.41, 5.74) is 0.341. The smallest absolute Gasteiger partial charge is 0.323 e. The fraction of sp³-hybridized carbons (Fsp3) is 0.615. The summed E-state index contributed by atoms with van der Waals surface area (Å²) in [6.07, 6.45) is 4.19. The maximum Gasteiger partial charge on any atom is 0.323 e. The third kappa shape index (κ3) is 2.80. The van der Waals surface area contributed by atoms with E-state index in [2.05, 4.69) is 0 Å². The standard InChI is InChI=1S/C13H18ClN3O3/c1-15-11(6-7-12(15)17(19)20)13(18)16(9-8-14)10-4-2-3-5-10/h6-7,10H,2-5,8-9H2,1H3. The van der Waals surface area contributed by atoms with Crippen LogP contribution >= 0.6 is 11.6 Å². The molecule has 1 heterocycles. The van der Waals surface area contributed by atoms with Gasteiger partial charge in [0.2, 0.25) is 0 Å². The predicted molar refractivity (Wildman–Crippen MR) is 76.1 cm³/mol. The van der Waals surface area contributed by atoms with Gasteiger partial charge in [0.15, 0.2) is 5.69 Å². The predicted octanol–water partition coefficient (Wildman–Crippen LogP) is 2.56. The zero-order chi connectivity index (χ0) is 14.7. The Hall–Kier alpha value is -1.56. The minimum Gasteiger partial charge on any atom is -0.358 e. The Labute approximate surface area is 122 Å². The van der Waals surface area contributed by atoms with E-state index in [0.717, 1.165) is 25.7 Å². The summed E-state index contributed by atoms with van der Waals surface area (Å²) in [4.78, 5) is 24.7. The highest BCUT2D eigenvalue weighted by Gasteiger charge is 2.31. The van der Waals surface area contributed by atoms with Gasteiger partial charge in [-0.2, -0.15) is 0 Å². The largest absolute Gasteiger partial charge is 0.358 e. The highest BCUT2D eigenvalue weighted by Crippen LogP contribution is 2.26. The van der Waals surface area contributed by atoms with Crippen molar-refractivity contribution in [1.29, 1.82) is 0 Å².